The van der Waals surface area contributed by atoms with Gasteiger partial charge in [0.2, 0.25) is 0 Å². The van der Waals surface area contributed by atoms with E-state index in [1.165, 1.54) is 5.56 Å². The molecule has 84 valence electrons. The molecule has 0 fully saturated rings. The maximum absolute atomic E-state index is 5.58. The van der Waals surface area contributed by atoms with Gasteiger partial charge in [-0.3, -0.25) is 4.98 Å². The van der Waals surface area contributed by atoms with Gasteiger partial charge in [0.25, 0.3) is 0 Å². The van der Waals surface area contributed by atoms with Crippen LogP contribution in [0.3, 0.4) is 0 Å². The highest BCUT2D eigenvalue weighted by atomic mass is 15.1. The van der Waals surface area contributed by atoms with Gasteiger partial charge in [-0.25, -0.2) is 4.98 Å². The molecule has 0 saturated heterocycles. The Morgan fingerprint density at radius 1 is 1.25 bits per heavy atom. The van der Waals surface area contributed by atoms with E-state index >= 15 is 0 Å². The van der Waals surface area contributed by atoms with Gasteiger partial charge in [0.05, 0.1) is 12.2 Å². The summed E-state index contributed by atoms with van der Waals surface area (Å²) in [7, 11) is 1.98. The molecule has 0 radical (unpaired) electrons. The van der Waals surface area contributed by atoms with Crippen LogP contribution in [-0.2, 0) is 26.4 Å². The lowest BCUT2D eigenvalue weighted by molar-refractivity contribution is 0.793. The van der Waals surface area contributed by atoms with E-state index in [0.717, 1.165) is 24.4 Å². The van der Waals surface area contributed by atoms with Crippen LogP contribution in [0.15, 0.2) is 30.7 Å². The SMILES string of the molecule is Cn1cc(CCc2ccncc2)nc1CN. The third kappa shape index (κ3) is 2.46. The fraction of sp³-hybridized carbons (Fsp3) is 0.333. The van der Waals surface area contributed by atoms with Gasteiger partial charge in [0.15, 0.2) is 0 Å². The van der Waals surface area contributed by atoms with Crippen molar-refractivity contribution < 1.29 is 0 Å². The second-order valence-corrected chi connectivity index (χ2v) is 3.82. The summed E-state index contributed by atoms with van der Waals surface area (Å²) in [6.07, 6.45) is 7.61. The van der Waals surface area contributed by atoms with E-state index in [-0.39, 0.29) is 0 Å². The molecule has 0 aliphatic carbocycles. The Balaban J connectivity index is 2.00. The fourth-order valence-corrected chi connectivity index (χ4v) is 1.70. The molecule has 0 saturated carbocycles. The van der Waals surface area contributed by atoms with Gasteiger partial charge in [0.1, 0.15) is 5.82 Å². The van der Waals surface area contributed by atoms with Crippen LogP contribution in [0.2, 0.25) is 0 Å². The second kappa shape index (κ2) is 4.90. The average Bonchev–Trinajstić information content (AvgIpc) is 2.69. The minimum Gasteiger partial charge on any atom is -0.337 e. The first kappa shape index (κ1) is 10.8. The summed E-state index contributed by atoms with van der Waals surface area (Å²) in [5.74, 6) is 0.935. The van der Waals surface area contributed by atoms with Gasteiger partial charge in [-0.15, -0.1) is 0 Å². The lowest BCUT2D eigenvalue weighted by atomic mass is 10.1. The summed E-state index contributed by atoms with van der Waals surface area (Å²) >= 11 is 0. The summed E-state index contributed by atoms with van der Waals surface area (Å²) in [5, 5.41) is 0. The van der Waals surface area contributed by atoms with Crippen molar-refractivity contribution in [1.29, 1.82) is 0 Å². The van der Waals surface area contributed by atoms with Crippen molar-refractivity contribution in [3.63, 3.8) is 0 Å². The summed E-state index contributed by atoms with van der Waals surface area (Å²) in [6.45, 7) is 0.492. The second-order valence-electron chi connectivity index (χ2n) is 3.82. The summed E-state index contributed by atoms with van der Waals surface area (Å²) < 4.78 is 1.99. The first-order valence-electron chi connectivity index (χ1n) is 5.39. The zero-order chi connectivity index (χ0) is 11.4. The maximum Gasteiger partial charge on any atom is 0.122 e. The number of pyridine rings is 1. The van der Waals surface area contributed by atoms with Crippen LogP contribution in [0.4, 0.5) is 0 Å². The molecule has 0 bridgehead atoms. The molecule has 4 heteroatoms. The van der Waals surface area contributed by atoms with E-state index in [4.69, 9.17) is 5.73 Å². The van der Waals surface area contributed by atoms with Crippen molar-refractivity contribution in [2.75, 3.05) is 0 Å². The molecular formula is C12H16N4. The minimum absolute atomic E-state index is 0.492. The van der Waals surface area contributed by atoms with Crippen molar-refractivity contribution >= 4 is 0 Å². The van der Waals surface area contributed by atoms with Gasteiger partial charge < -0.3 is 10.3 Å². The van der Waals surface area contributed by atoms with Gasteiger partial charge in [-0.2, -0.15) is 0 Å². The normalized spacial score (nSPS) is 10.6. The molecule has 0 unspecified atom stereocenters. The summed E-state index contributed by atoms with van der Waals surface area (Å²) in [5.41, 5.74) is 7.96. The smallest absolute Gasteiger partial charge is 0.122 e. The molecule has 4 nitrogen and oxygen atoms in total. The van der Waals surface area contributed by atoms with Crippen molar-refractivity contribution in [3.05, 3.63) is 47.8 Å². The van der Waals surface area contributed by atoms with E-state index in [0.29, 0.717) is 6.54 Å². The predicted molar refractivity (Wildman–Crippen MR) is 62.7 cm³/mol. The Bertz CT molecular complexity index is 447. The Labute approximate surface area is 95.1 Å². The van der Waals surface area contributed by atoms with Gasteiger partial charge >= 0.3 is 0 Å². The molecule has 2 rings (SSSR count). The van der Waals surface area contributed by atoms with Gasteiger partial charge in [-0.05, 0) is 30.5 Å². The van der Waals surface area contributed by atoms with Crippen molar-refractivity contribution in [3.8, 4) is 0 Å². The largest absolute Gasteiger partial charge is 0.337 e. The number of imidazole rings is 1. The van der Waals surface area contributed by atoms with Crippen LogP contribution in [0, 0.1) is 0 Å². The van der Waals surface area contributed by atoms with Gasteiger partial charge in [-0.1, -0.05) is 0 Å². The topological polar surface area (TPSA) is 56.7 Å². The lowest BCUT2D eigenvalue weighted by Crippen LogP contribution is -2.03. The molecule has 0 aromatic carbocycles. The minimum atomic E-state index is 0.492. The number of aromatic nitrogens is 3. The highest BCUT2D eigenvalue weighted by Crippen LogP contribution is 2.06. The Hall–Kier alpha value is -1.68. The standard InChI is InChI=1S/C12H16N4/c1-16-9-11(15-12(16)8-13)3-2-10-4-6-14-7-5-10/h4-7,9H,2-3,8,13H2,1H3. The molecule has 16 heavy (non-hydrogen) atoms. The van der Waals surface area contributed by atoms with E-state index in [1.807, 2.05) is 42.3 Å². The Morgan fingerprint density at radius 3 is 2.62 bits per heavy atom. The van der Waals surface area contributed by atoms with Crippen LogP contribution in [-0.4, -0.2) is 14.5 Å². The predicted octanol–water partition coefficient (Wildman–Crippen LogP) is 1.06. The molecule has 2 aromatic heterocycles. The zero-order valence-corrected chi connectivity index (χ0v) is 9.43. The quantitative estimate of drug-likeness (QED) is 0.831. The summed E-state index contributed by atoms with van der Waals surface area (Å²) in [6, 6.07) is 4.07. The molecule has 2 heterocycles. The average molecular weight is 216 g/mol. The molecule has 0 atom stereocenters. The number of hydrogen-bond donors (Lipinski definition) is 1. The number of hydrogen-bond acceptors (Lipinski definition) is 3. The molecule has 0 amide bonds. The number of aryl methyl sites for hydroxylation is 3. The van der Waals surface area contributed by atoms with Crippen LogP contribution in [0.25, 0.3) is 0 Å². The molecule has 2 N–H and O–H groups in total. The first-order valence-corrected chi connectivity index (χ1v) is 5.39. The molecule has 0 aliphatic heterocycles. The van der Waals surface area contributed by atoms with E-state index < -0.39 is 0 Å². The van der Waals surface area contributed by atoms with E-state index in [1.54, 1.807) is 0 Å². The molecular weight excluding hydrogens is 200 g/mol. The van der Waals surface area contributed by atoms with Crippen LogP contribution in [0.5, 0.6) is 0 Å². The summed E-state index contributed by atoms with van der Waals surface area (Å²) in [4.78, 5) is 8.46. The monoisotopic (exact) mass is 216 g/mol. The van der Waals surface area contributed by atoms with Crippen molar-refractivity contribution in [2.45, 2.75) is 19.4 Å². The molecule has 2 aromatic rings. The van der Waals surface area contributed by atoms with Crippen LogP contribution in [0.1, 0.15) is 17.1 Å². The maximum atomic E-state index is 5.58. The number of nitrogens with two attached hydrogens (primary N) is 1. The van der Waals surface area contributed by atoms with E-state index in [9.17, 15) is 0 Å². The Morgan fingerprint density at radius 2 is 2.00 bits per heavy atom. The van der Waals surface area contributed by atoms with Crippen LogP contribution < -0.4 is 5.73 Å². The first-order chi connectivity index (χ1) is 7.79. The van der Waals surface area contributed by atoms with Crippen LogP contribution >= 0.6 is 0 Å². The lowest BCUT2D eigenvalue weighted by Gasteiger charge is -1.97. The third-order valence-corrected chi connectivity index (χ3v) is 2.62. The fourth-order valence-electron chi connectivity index (χ4n) is 1.70. The highest BCUT2D eigenvalue weighted by Gasteiger charge is 2.03. The van der Waals surface area contributed by atoms with Crippen molar-refractivity contribution in [1.82, 2.24) is 14.5 Å². The molecule has 0 spiro atoms. The number of nitrogens with zero attached hydrogens (tertiary/aromatic N) is 3. The van der Waals surface area contributed by atoms with E-state index in [2.05, 4.69) is 9.97 Å². The third-order valence-electron chi connectivity index (χ3n) is 2.62. The Kier molecular flexibility index (Phi) is 3.31. The van der Waals surface area contributed by atoms with Crippen molar-refractivity contribution in [2.24, 2.45) is 12.8 Å². The highest BCUT2D eigenvalue weighted by molar-refractivity contribution is 5.13. The van der Waals surface area contributed by atoms with Gasteiger partial charge in [0, 0.05) is 25.6 Å². The number of rotatable bonds is 4. The zero-order valence-electron chi connectivity index (χ0n) is 9.43. The molecule has 0 aliphatic rings.